The number of aliphatic carboxylic acids is 1. The van der Waals surface area contributed by atoms with Gasteiger partial charge in [0.1, 0.15) is 5.75 Å². The van der Waals surface area contributed by atoms with Crippen molar-refractivity contribution < 1.29 is 14.6 Å². The van der Waals surface area contributed by atoms with Gasteiger partial charge in [-0.05, 0) is 34.5 Å². The summed E-state index contributed by atoms with van der Waals surface area (Å²) >= 11 is 12.7. The van der Waals surface area contributed by atoms with Crippen LogP contribution in [0.15, 0.2) is 60.7 Å². The number of ether oxygens (including phenoxy) is 1. The summed E-state index contributed by atoms with van der Waals surface area (Å²) in [5.41, 5.74) is 6.56. The monoisotopic (exact) mass is 436 g/mol. The molecule has 0 heterocycles. The van der Waals surface area contributed by atoms with Gasteiger partial charge in [-0.25, -0.2) is 4.79 Å². The van der Waals surface area contributed by atoms with Crippen molar-refractivity contribution in [2.45, 2.75) is 5.75 Å². The number of halogens is 2. The van der Waals surface area contributed by atoms with Crippen LogP contribution >= 0.6 is 35.0 Å². The Hall–Kier alpha value is -2.41. The van der Waals surface area contributed by atoms with E-state index in [1.165, 1.54) is 40.2 Å². The minimum atomic E-state index is -1.05. The summed E-state index contributed by atoms with van der Waals surface area (Å²) in [5.74, 6) is 0.0240. The van der Waals surface area contributed by atoms with Crippen molar-refractivity contribution in [3.8, 4) is 5.75 Å². The van der Waals surface area contributed by atoms with Gasteiger partial charge in [0.05, 0.1) is 5.02 Å². The van der Waals surface area contributed by atoms with Gasteiger partial charge >= 0.3 is 5.97 Å². The Balaban J connectivity index is 0.000000203. The molecule has 3 rings (SSSR count). The highest BCUT2D eigenvalue weighted by atomic mass is 35.5. The van der Waals surface area contributed by atoms with Crippen LogP contribution in [0.25, 0.3) is 10.8 Å². The van der Waals surface area contributed by atoms with Crippen LogP contribution in [0, 0.1) is 5.41 Å². The molecule has 8 heteroatoms. The number of amidine groups is 1. The van der Waals surface area contributed by atoms with E-state index in [0.717, 1.165) is 5.75 Å². The molecule has 0 aromatic heterocycles. The van der Waals surface area contributed by atoms with E-state index in [1.807, 2.05) is 18.2 Å². The molecule has 0 aliphatic carbocycles. The van der Waals surface area contributed by atoms with Gasteiger partial charge in [0.25, 0.3) is 0 Å². The summed E-state index contributed by atoms with van der Waals surface area (Å²) in [6.45, 7) is -0.415. The number of nitrogens with two attached hydrogens (primary N) is 1. The van der Waals surface area contributed by atoms with Crippen molar-refractivity contribution in [3.05, 3.63) is 76.3 Å². The lowest BCUT2D eigenvalue weighted by atomic mass is 10.1. The van der Waals surface area contributed by atoms with Gasteiger partial charge in [-0.1, -0.05) is 77.4 Å². The van der Waals surface area contributed by atoms with E-state index >= 15 is 0 Å². The van der Waals surface area contributed by atoms with Gasteiger partial charge in [-0.15, -0.1) is 0 Å². The number of rotatable bonds is 5. The minimum Gasteiger partial charge on any atom is -0.480 e. The van der Waals surface area contributed by atoms with Crippen LogP contribution in [-0.4, -0.2) is 22.9 Å². The van der Waals surface area contributed by atoms with E-state index in [0.29, 0.717) is 15.8 Å². The number of benzene rings is 3. The molecule has 0 atom stereocenters. The standard InChI is InChI=1S/C12H12N2S.C8H6Cl2O3/c13-12(14)15-8-10-6-3-5-9-4-1-2-7-11(9)10;9-5-1-2-7(6(10)3-5)13-4-8(11)12/h1-7H,8H2,(H3,13,14);1-3H,4H2,(H,11,12). The fourth-order valence-corrected chi connectivity index (χ4v) is 3.33. The van der Waals surface area contributed by atoms with Crippen LogP contribution in [-0.2, 0) is 10.5 Å². The van der Waals surface area contributed by atoms with Crippen molar-refractivity contribution in [2.75, 3.05) is 6.61 Å². The van der Waals surface area contributed by atoms with Crippen LogP contribution in [0.3, 0.4) is 0 Å². The molecule has 4 N–H and O–H groups in total. The molecule has 0 saturated heterocycles. The van der Waals surface area contributed by atoms with E-state index in [-0.39, 0.29) is 5.17 Å². The second kappa shape index (κ2) is 10.8. The fourth-order valence-electron chi connectivity index (χ4n) is 2.31. The van der Waals surface area contributed by atoms with Gasteiger partial charge in [-0.2, -0.15) is 0 Å². The Morgan fingerprint density at radius 1 is 1.11 bits per heavy atom. The van der Waals surface area contributed by atoms with Crippen molar-refractivity contribution in [2.24, 2.45) is 5.73 Å². The average molecular weight is 437 g/mol. The number of carboxylic acids is 1. The molecule has 0 radical (unpaired) electrons. The predicted octanol–water partition coefficient (Wildman–Crippen LogP) is 5.42. The molecule has 146 valence electrons. The zero-order chi connectivity index (χ0) is 20.5. The minimum absolute atomic E-state index is 0.169. The zero-order valence-electron chi connectivity index (χ0n) is 14.7. The topological polar surface area (TPSA) is 96.4 Å². The Morgan fingerprint density at radius 3 is 2.50 bits per heavy atom. The molecule has 0 amide bonds. The van der Waals surface area contributed by atoms with E-state index in [1.54, 1.807) is 6.07 Å². The number of carboxylic acid groups (broad SMARTS) is 1. The molecule has 0 aliphatic heterocycles. The molecular weight excluding hydrogens is 419 g/mol. The van der Waals surface area contributed by atoms with Crippen molar-refractivity contribution in [1.29, 1.82) is 5.41 Å². The molecule has 0 aliphatic rings. The summed E-state index contributed by atoms with van der Waals surface area (Å²) < 4.78 is 4.86. The van der Waals surface area contributed by atoms with E-state index in [9.17, 15) is 4.79 Å². The first kappa shape index (κ1) is 21.9. The third kappa shape index (κ3) is 6.96. The van der Waals surface area contributed by atoms with Crippen LogP contribution in [0.2, 0.25) is 10.0 Å². The molecule has 0 fully saturated rings. The average Bonchev–Trinajstić information content (AvgIpc) is 2.66. The third-order valence-electron chi connectivity index (χ3n) is 3.51. The normalized spacial score (nSPS) is 10.1. The van der Waals surface area contributed by atoms with E-state index in [4.69, 9.17) is 44.2 Å². The number of nitrogens with one attached hydrogen (secondary N) is 1. The van der Waals surface area contributed by atoms with Gasteiger partial charge < -0.3 is 15.6 Å². The maximum absolute atomic E-state index is 10.2. The fraction of sp³-hybridized carbons (Fsp3) is 0.100. The molecule has 0 saturated carbocycles. The zero-order valence-corrected chi connectivity index (χ0v) is 17.0. The summed E-state index contributed by atoms with van der Waals surface area (Å²) in [7, 11) is 0. The second-order valence-electron chi connectivity index (χ2n) is 5.55. The van der Waals surface area contributed by atoms with Crippen molar-refractivity contribution in [1.82, 2.24) is 0 Å². The molecule has 3 aromatic rings. The first-order chi connectivity index (χ1) is 13.4. The molecule has 0 unspecified atom stereocenters. The second-order valence-corrected chi connectivity index (χ2v) is 7.41. The molecule has 0 bridgehead atoms. The molecule has 3 aromatic carbocycles. The molecule has 0 spiro atoms. The van der Waals surface area contributed by atoms with Crippen LogP contribution in [0.5, 0.6) is 5.75 Å². The van der Waals surface area contributed by atoms with Crippen LogP contribution in [0.1, 0.15) is 5.56 Å². The first-order valence-electron chi connectivity index (χ1n) is 8.10. The number of hydrogen-bond acceptors (Lipinski definition) is 4. The predicted molar refractivity (Wildman–Crippen MR) is 117 cm³/mol. The molecule has 5 nitrogen and oxygen atoms in total. The lowest BCUT2D eigenvalue weighted by Gasteiger charge is -2.05. The van der Waals surface area contributed by atoms with E-state index in [2.05, 4.69) is 24.3 Å². The number of hydrogen-bond donors (Lipinski definition) is 3. The van der Waals surface area contributed by atoms with Crippen LogP contribution < -0.4 is 10.5 Å². The highest BCUT2D eigenvalue weighted by molar-refractivity contribution is 8.13. The van der Waals surface area contributed by atoms with E-state index < -0.39 is 12.6 Å². The Kier molecular flexibility index (Phi) is 8.44. The summed E-state index contributed by atoms with van der Waals surface area (Å²) in [6.07, 6.45) is 0. The third-order valence-corrected chi connectivity index (χ3v) is 4.80. The van der Waals surface area contributed by atoms with Gasteiger partial charge in [0.2, 0.25) is 0 Å². The number of thioether (sulfide) groups is 1. The lowest BCUT2D eigenvalue weighted by molar-refractivity contribution is -0.139. The highest BCUT2D eigenvalue weighted by Gasteiger charge is 2.04. The molecular formula is C20H18Cl2N2O3S. The Bertz CT molecular complexity index is 977. The summed E-state index contributed by atoms with van der Waals surface area (Å²) in [5, 5.41) is 18.9. The quantitative estimate of drug-likeness (QED) is 0.366. The van der Waals surface area contributed by atoms with Gasteiger partial charge in [0, 0.05) is 10.8 Å². The molecule has 28 heavy (non-hydrogen) atoms. The van der Waals surface area contributed by atoms with Crippen molar-refractivity contribution >= 4 is 56.9 Å². The van der Waals surface area contributed by atoms with Crippen molar-refractivity contribution in [3.63, 3.8) is 0 Å². The number of carbonyl (C=O) groups is 1. The maximum Gasteiger partial charge on any atom is 0.341 e. The largest absolute Gasteiger partial charge is 0.480 e. The lowest BCUT2D eigenvalue weighted by Crippen LogP contribution is -2.09. The first-order valence-corrected chi connectivity index (χ1v) is 9.84. The highest BCUT2D eigenvalue weighted by Crippen LogP contribution is 2.27. The Morgan fingerprint density at radius 2 is 1.82 bits per heavy atom. The maximum atomic E-state index is 10.2. The smallest absolute Gasteiger partial charge is 0.341 e. The summed E-state index contributed by atoms with van der Waals surface area (Å²) in [6, 6.07) is 19.1. The number of fused-ring (bicyclic) bond motifs is 1. The van der Waals surface area contributed by atoms with Crippen LogP contribution in [0.4, 0.5) is 0 Å². The summed E-state index contributed by atoms with van der Waals surface area (Å²) in [4.78, 5) is 10.2. The van der Waals surface area contributed by atoms with Gasteiger partial charge in [-0.3, -0.25) is 5.41 Å². The SMILES string of the molecule is N=C(N)SCc1cccc2ccccc12.O=C(O)COc1ccc(Cl)cc1Cl. The Labute approximate surface area is 176 Å². The van der Waals surface area contributed by atoms with Gasteiger partial charge in [0.15, 0.2) is 11.8 Å².